The first-order valence-corrected chi connectivity index (χ1v) is 8.85. The van der Waals surface area contributed by atoms with E-state index in [4.69, 9.17) is 11.6 Å². The quantitative estimate of drug-likeness (QED) is 0.865. The van der Waals surface area contributed by atoms with E-state index in [0.717, 1.165) is 28.1 Å². The van der Waals surface area contributed by atoms with E-state index in [2.05, 4.69) is 20.5 Å². The van der Waals surface area contributed by atoms with E-state index >= 15 is 0 Å². The third kappa shape index (κ3) is 4.14. The van der Waals surface area contributed by atoms with Crippen LogP contribution in [-0.4, -0.2) is 24.1 Å². The van der Waals surface area contributed by atoms with Crippen LogP contribution in [0.5, 0.6) is 0 Å². The zero-order chi connectivity index (χ0) is 16.2. The van der Waals surface area contributed by atoms with Crippen LogP contribution >= 0.6 is 22.9 Å². The molecular formula is C16H19ClN4OS. The topological polar surface area (TPSA) is 57.3 Å². The first-order valence-electron chi connectivity index (χ1n) is 7.65. The van der Waals surface area contributed by atoms with Crippen LogP contribution in [0.25, 0.3) is 0 Å². The number of pyridine rings is 1. The van der Waals surface area contributed by atoms with Crippen molar-refractivity contribution in [2.75, 3.05) is 23.3 Å². The highest BCUT2D eigenvalue weighted by Gasteiger charge is 2.14. The van der Waals surface area contributed by atoms with Gasteiger partial charge in [-0.15, -0.1) is 11.3 Å². The molecule has 1 aliphatic rings. The molecule has 1 fully saturated rings. The SMILES string of the molecule is CC(NC(=O)Nc1ccc(N2CCCC2)nc1)c1ccc(Cl)s1. The van der Waals surface area contributed by atoms with Gasteiger partial charge in [-0.3, -0.25) is 0 Å². The van der Waals surface area contributed by atoms with Crippen molar-refractivity contribution in [3.63, 3.8) is 0 Å². The second-order valence-corrected chi connectivity index (χ2v) is 7.31. The van der Waals surface area contributed by atoms with Gasteiger partial charge in [0.25, 0.3) is 0 Å². The van der Waals surface area contributed by atoms with Crippen LogP contribution in [0.15, 0.2) is 30.5 Å². The van der Waals surface area contributed by atoms with Crippen LogP contribution in [-0.2, 0) is 0 Å². The van der Waals surface area contributed by atoms with E-state index in [9.17, 15) is 4.79 Å². The molecule has 7 heteroatoms. The normalized spacial score (nSPS) is 15.5. The molecule has 2 N–H and O–H groups in total. The maximum atomic E-state index is 12.1. The third-order valence-electron chi connectivity index (χ3n) is 3.80. The molecule has 122 valence electrons. The van der Waals surface area contributed by atoms with Crippen molar-refractivity contribution < 1.29 is 4.79 Å². The number of anilines is 2. The molecule has 1 unspecified atom stereocenters. The predicted octanol–water partition coefficient (Wildman–Crippen LogP) is 4.28. The van der Waals surface area contributed by atoms with Gasteiger partial charge in [0, 0.05) is 18.0 Å². The minimum atomic E-state index is -0.252. The summed E-state index contributed by atoms with van der Waals surface area (Å²) >= 11 is 7.38. The highest BCUT2D eigenvalue weighted by atomic mass is 35.5. The molecule has 0 aliphatic carbocycles. The van der Waals surface area contributed by atoms with Gasteiger partial charge in [0.2, 0.25) is 0 Å². The molecule has 3 rings (SSSR count). The lowest BCUT2D eigenvalue weighted by Crippen LogP contribution is -2.30. The molecule has 0 aromatic carbocycles. The second kappa shape index (κ2) is 7.19. The number of halogens is 1. The lowest BCUT2D eigenvalue weighted by molar-refractivity contribution is 0.249. The van der Waals surface area contributed by atoms with Crippen molar-refractivity contribution in [3.05, 3.63) is 39.7 Å². The smallest absolute Gasteiger partial charge is 0.319 e. The van der Waals surface area contributed by atoms with Crippen LogP contribution in [0.2, 0.25) is 4.34 Å². The zero-order valence-electron chi connectivity index (χ0n) is 12.9. The molecule has 3 heterocycles. The Morgan fingerprint density at radius 1 is 1.30 bits per heavy atom. The molecule has 2 aromatic rings. The zero-order valence-corrected chi connectivity index (χ0v) is 14.5. The molecule has 0 radical (unpaired) electrons. The van der Waals surface area contributed by atoms with Gasteiger partial charge in [-0.05, 0) is 44.0 Å². The number of hydrogen-bond donors (Lipinski definition) is 2. The van der Waals surface area contributed by atoms with Gasteiger partial charge < -0.3 is 15.5 Å². The van der Waals surface area contributed by atoms with Crippen LogP contribution in [0.4, 0.5) is 16.3 Å². The average molecular weight is 351 g/mol. The molecule has 2 aromatic heterocycles. The highest BCUT2D eigenvalue weighted by Crippen LogP contribution is 2.26. The maximum absolute atomic E-state index is 12.1. The average Bonchev–Trinajstić information content (AvgIpc) is 3.19. The third-order valence-corrected chi connectivity index (χ3v) is 5.22. The fourth-order valence-electron chi connectivity index (χ4n) is 2.59. The lowest BCUT2D eigenvalue weighted by Gasteiger charge is -2.17. The van der Waals surface area contributed by atoms with Gasteiger partial charge >= 0.3 is 6.03 Å². The monoisotopic (exact) mass is 350 g/mol. The molecule has 0 bridgehead atoms. The molecule has 1 saturated heterocycles. The molecule has 1 aliphatic heterocycles. The van der Waals surface area contributed by atoms with E-state index in [-0.39, 0.29) is 12.1 Å². The number of nitrogens with zero attached hydrogens (tertiary/aromatic N) is 2. The van der Waals surface area contributed by atoms with Gasteiger partial charge in [0.05, 0.1) is 22.3 Å². The molecular weight excluding hydrogens is 332 g/mol. The maximum Gasteiger partial charge on any atom is 0.319 e. The number of carbonyl (C=O) groups excluding carboxylic acids is 1. The van der Waals surface area contributed by atoms with Crippen LogP contribution in [0, 0.1) is 0 Å². The number of amides is 2. The Morgan fingerprint density at radius 2 is 2.09 bits per heavy atom. The van der Waals surface area contributed by atoms with Gasteiger partial charge in [-0.2, -0.15) is 0 Å². The standard InChI is InChI=1S/C16H19ClN4OS/c1-11(13-5-6-14(17)23-13)19-16(22)20-12-4-7-15(18-10-12)21-8-2-3-9-21/h4-7,10-11H,2-3,8-9H2,1H3,(H2,19,20,22). The molecule has 0 spiro atoms. The Labute approximate surface area is 144 Å². The largest absolute Gasteiger partial charge is 0.357 e. The van der Waals surface area contributed by atoms with Crippen molar-refractivity contribution in [2.45, 2.75) is 25.8 Å². The Morgan fingerprint density at radius 3 is 2.70 bits per heavy atom. The van der Waals surface area contributed by atoms with Crippen LogP contribution < -0.4 is 15.5 Å². The van der Waals surface area contributed by atoms with Crippen molar-refractivity contribution in [1.82, 2.24) is 10.3 Å². The van der Waals surface area contributed by atoms with Crippen molar-refractivity contribution in [2.24, 2.45) is 0 Å². The summed E-state index contributed by atoms with van der Waals surface area (Å²) in [4.78, 5) is 19.8. The Kier molecular flexibility index (Phi) is 5.03. The fourth-order valence-corrected chi connectivity index (χ4v) is 3.65. The van der Waals surface area contributed by atoms with E-state index in [1.807, 2.05) is 31.2 Å². The highest BCUT2D eigenvalue weighted by molar-refractivity contribution is 7.16. The van der Waals surface area contributed by atoms with E-state index in [0.29, 0.717) is 5.69 Å². The predicted molar refractivity (Wildman–Crippen MR) is 95.6 cm³/mol. The van der Waals surface area contributed by atoms with Gasteiger partial charge in [0.1, 0.15) is 5.82 Å². The Hall–Kier alpha value is -1.79. The lowest BCUT2D eigenvalue weighted by atomic mass is 10.3. The summed E-state index contributed by atoms with van der Waals surface area (Å²) in [6.07, 6.45) is 4.13. The fraction of sp³-hybridized carbons (Fsp3) is 0.375. The number of nitrogens with one attached hydrogen (secondary N) is 2. The summed E-state index contributed by atoms with van der Waals surface area (Å²) in [7, 11) is 0. The van der Waals surface area contributed by atoms with Crippen molar-refractivity contribution in [1.29, 1.82) is 0 Å². The van der Waals surface area contributed by atoms with E-state index < -0.39 is 0 Å². The number of carbonyl (C=O) groups is 1. The Bertz CT molecular complexity index is 667. The summed E-state index contributed by atoms with van der Waals surface area (Å²) in [5, 5.41) is 5.70. The number of rotatable bonds is 4. The minimum absolute atomic E-state index is 0.0932. The summed E-state index contributed by atoms with van der Waals surface area (Å²) in [6.45, 7) is 4.04. The van der Waals surface area contributed by atoms with Gasteiger partial charge in [0.15, 0.2) is 0 Å². The molecule has 5 nitrogen and oxygen atoms in total. The number of aromatic nitrogens is 1. The minimum Gasteiger partial charge on any atom is -0.357 e. The van der Waals surface area contributed by atoms with Crippen LogP contribution in [0.3, 0.4) is 0 Å². The van der Waals surface area contributed by atoms with E-state index in [1.54, 1.807) is 6.20 Å². The summed E-state index contributed by atoms with van der Waals surface area (Å²) in [5.41, 5.74) is 0.682. The second-order valence-electron chi connectivity index (χ2n) is 5.56. The summed E-state index contributed by atoms with van der Waals surface area (Å²) in [5.74, 6) is 0.968. The van der Waals surface area contributed by atoms with Crippen molar-refractivity contribution in [3.8, 4) is 0 Å². The summed E-state index contributed by atoms with van der Waals surface area (Å²) in [6, 6.07) is 7.24. The molecule has 23 heavy (non-hydrogen) atoms. The molecule has 1 atom stereocenters. The van der Waals surface area contributed by atoms with Crippen molar-refractivity contribution >= 4 is 40.5 Å². The summed E-state index contributed by atoms with van der Waals surface area (Å²) < 4.78 is 0.718. The van der Waals surface area contributed by atoms with Gasteiger partial charge in [-0.1, -0.05) is 11.6 Å². The van der Waals surface area contributed by atoms with Gasteiger partial charge in [-0.25, -0.2) is 9.78 Å². The number of urea groups is 1. The Balaban J connectivity index is 1.55. The number of hydrogen-bond acceptors (Lipinski definition) is 4. The first-order chi connectivity index (χ1) is 11.1. The molecule has 0 saturated carbocycles. The first kappa shape index (κ1) is 16.1. The van der Waals surface area contributed by atoms with Crippen LogP contribution in [0.1, 0.15) is 30.7 Å². The number of thiophene rings is 1. The van der Waals surface area contributed by atoms with E-state index in [1.165, 1.54) is 24.2 Å². The molecule has 2 amide bonds.